The Balaban J connectivity index is 2.28. The van der Waals surface area contributed by atoms with Crippen molar-refractivity contribution < 1.29 is 25.2 Å². The smallest absolute Gasteiger partial charge is 0.189 e. The Kier molecular flexibility index (Phi) is 1.61. The molecule has 1 heterocycles. The monoisotopic (exact) mass is 190 g/mol. The number of aliphatic hydroxyl groups is 4. The van der Waals surface area contributed by atoms with Crippen molar-refractivity contribution in [1.29, 1.82) is 0 Å². The number of hydrogen-bond acceptors (Lipinski definition) is 5. The summed E-state index contributed by atoms with van der Waals surface area (Å²) in [7, 11) is 0. The highest BCUT2D eigenvalue weighted by atomic mass is 16.7. The van der Waals surface area contributed by atoms with E-state index in [1.807, 2.05) is 0 Å². The fourth-order valence-electron chi connectivity index (χ4n) is 2.19. The van der Waals surface area contributed by atoms with Crippen LogP contribution in [0.15, 0.2) is 0 Å². The van der Waals surface area contributed by atoms with E-state index in [9.17, 15) is 20.4 Å². The lowest BCUT2D eigenvalue weighted by molar-refractivity contribution is -0.309. The zero-order chi connectivity index (χ0) is 10.0. The lowest BCUT2D eigenvalue weighted by Crippen LogP contribution is -2.55. The molecule has 0 aromatic carbocycles. The van der Waals surface area contributed by atoms with Gasteiger partial charge < -0.3 is 25.2 Å². The molecule has 0 aromatic heterocycles. The number of rotatable bonds is 0. The van der Waals surface area contributed by atoms with Crippen LogP contribution in [0, 0.1) is 5.92 Å². The van der Waals surface area contributed by atoms with Crippen molar-refractivity contribution in [3.05, 3.63) is 0 Å². The van der Waals surface area contributed by atoms with Gasteiger partial charge in [-0.25, -0.2) is 0 Å². The molecule has 76 valence electrons. The topological polar surface area (TPSA) is 90.2 Å². The molecule has 1 aliphatic heterocycles. The van der Waals surface area contributed by atoms with E-state index in [2.05, 4.69) is 0 Å². The van der Waals surface area contributed by atoms with Crippen LogP contribution < -0.4 is 0 Å². The molecule has 1 saturated carbocycles. The van der Waals surface area contributed by atoms with Gasteiger partial charge in [0.1, 0.15) is 11.7 Å². The van der Waals surface area contributed by atoms with E-state index in [1.54, 1.807) is 6.92 Å². The molecule has 1 aliphatic carbocycles. The minimum atomic E-state index is -1.69. The van der Waals surface area contributed by atoms with Gasteiger partial charge in [0, 0.05) is 0 Å². The maximum Gasteiger partial charge on any atom is 0.189 e. The van der Waals surface area contributed by atoms with Gasteiger partial charge in [0.25, 0.3) is 0 Å². The molecule has 0 amide bonds. The Bertz CT molecular complexity index is 241. The molecular formula is C8H14O5. The van der Waals surface area contributed by atoms with Crippen LogP contribution in [-0.2, 0) is 4.74 Å². The van der Waals surface area contributed by atoms with Gasteiger partial charge in [0.2, 0.25) is 0 Å². The van der Waals surface area contributed by atoms with Gasteiger partial charge in [-0.05, 0) is 13.8 Å². The maximum atomic E-state index is 9.74. The molecule has 0 aromatic rings. The number of fused-ring (bicyclic) bond motifs is 1. The summed E-state index contributed by atoms with van der Waals surface area (Å²) in [6.45, 7) is 2.88. The van der Waals surface area contributed by atoms with Gasteiger partial charge in [-0.3, -0.25) is 0 Å². The molecule has 0 bridgehead atoms. The quantitative estimate of drug-likeness (QED) is 0.362. The predicted molar refractivity (Wildman–Crippen MR) is 41.6 cm³/mol. The van der Waals surface area contributed by atoms with Gasteiger partial charge >= 0.3 is 0 Å². The highest BCUT2D eigenvalue weighted by molar-refractivity contribution is 5.23. The summed E-state index contributed by atoms with van der Waals surface area (Å²) in [6, 6.07) is 0. The maximum absolute atomic E-state index is 9.74. The van der Waals surface area contributed by atoms with E-state index < -0.39 is 35.6 Å². The van der Waals surface area contributed by atoms with Crippen LogP contribution in [0.25, 0.3) is 0 Å². The first-order chi connectivity index (χ1) is 5.82. The lowest BCUT2D eigenvalue weighted by Gasteiger charge is -2.38. The Labute approximate surface area is 75.6 Å². The van der Waals surface area contributed by atoms with E-state index in [0.717, 1.165) is 0 Å². The third kappa shape index (κ3) is 0.936. The second-order valence-electron chi connectivity index (χ2n) is 4.12. The molecule has 2 aliphatic rings. The first-order valence-corrected chi connectivity index (χ1v) is 4.30. The second kappa shape index (κ2) is 2.24. The van der Waals surface area contributed by atoms with Crippen molar-refractivity contribution in [1.82, 2.24) is 0 Å². The van der Waals surface area contributed by atoms with Crippen molar-refractivity contribution in [2.75, 3.05) is 0 Å². The van der Waals surface area contributed by atoms with E-state index in [1.165, 1.54) is 6.92 Å². The summed E-state index contributed by atoms with van der Waals surface area (Å²) < 4.78 is 5.01. The van der Waals surface area contributed by atoms with Gasteiger partial charge in [0.05, 0.1) is 18.1 Å². The third-order valence-corrected chi connectivity index (χ3v) is 3.19. The normalized spacial score (nSPS) is 66.0. The average Bonchev–Trinajstić information content (AvgIpc) is 2.53. The van der Waals surface area contributed by atoms with Crippen molar-refractivity contribution >= 4 is 0 Å². The van der Waals surface area contributed by atoms with Crippen LogP contribution in [0.4, 0.5) is 0 Å². The van der Waals surface area contributed by atoms with Gasteiger partial charge in [-0.15, -0.1) is 0 Å². The largest absolute Gasteiger partial charge is 0.389 e. The molecule has 6 unspecified atom stereocenters. The Morgan fingerprint density at radius 3 is 2.23 bits per heavy atom. The predicted octanol–water partition coefficient (Wildman–Crippen LogP) is -1.80. The van der Waals surface area contributed by atoms with E-state index in [-0.39, 0.29) is 0 Å². The standard InChI is InChI=1S/C8H14O5/c1-3-8(12)4(6(8)10)5(9)7(2,11)13-3/h3-6,9-12H,1-2H3. The number of ether oxygens (including phenoxy) is 1. The van der Waals surface area contributed by atoms with Crippen molar-refractivity contribution in [3.8, 4) is 0 Å². The first kappa shape index (κ1) is 9.36. The number of aliphatic hydroxyl groups excluding tert-OH is 2. The molecule has 2 fully saturated rings. The van der Waals surface area contributed by atoms with Crippen LogP contribution in [0.1, 0.15) is 13.8 Å². The fourth-order valence-corrected chi connectivity index (χ4v) is 2.19. The van der Waals surface area contributed by atoms with Crippen molar-refractivity contribution in [2.24, 2.45) is 5.92 Å². The average molecular weight is 190 g/mol. The van der Waals surface area contributed by atoms with Crippen LogP contribution in [-0.4, -0.2) is 50.1 Å². The molecule has 0 spiro atoms. The molecule has 5 heteroatoms. The highest BCUT2D eigenvalue weighted by Gasteiger charge is 2.75. The second-order valence-corrected chi connectivity index (χ2v) is 4.12. The Morgan fingerprint density at radius 2 is 1.69 bits per heavy atom. The van der Waals surface area contributed by atoms with Gasteiger partial charge in [0.15, 0.2) is 5.79 Å². The summed E-state index contributed by atoms with van der Waals surface area (Å²) in [5.41, 5.74) is -1.39. The molecular weight excluding hydrogens is 176 g/mol. The zero-order valence-electron chi connectivity index (χ0n) is 7.51. The molecule has 5 nitrogen and oxygen atoms in total. The van der Waals surface area contributed by atoms with Crippen LogP contribution >= 0.6 is 0 Å². The SMILES string of the molecule is CC1OC(C)(O)C(O)C2C(O)C12O. The summed E-state index contributed by atoms with van der Waals surface area (Å²) in [6.07, 6.45) is -2.93. The number of hydrogen-bond donors (Lipinski definition) is 4. The molecule has 0 radical (unpaired) electrons. The Morgan fingerprint density at radius 1 is 1.15 bits per heavy atom. The lowest BCUT2D eigenvalue weighted by atomic mass is 9.97. The van der Waals surface area contributed by atoms with Crippen molar-refractivity contribution in [3.63, 3.8) is 0 Å². The van der Waals surface area contributed by atoms with Crippen LogP contribution in [0.2, 0.25) is 0 Å². The summed E-state index contributed by atoms with van der Waals surface area (Å²) in [5.74, 6) is -2.39. The molecule has 4 N–H and O–H groups in total. The van der Waals surface area contributed by atoms with Crippen LogP contribution in [0.5, 0.6) is 0 Å². The van der Waals surface area contributed by atoms with Crippen LogP contribution in [0.3, 0.4) is 0 Å². The van der Waals surface area contributed by atoms with E-state index >= 15 is 0 Å². The third-order valence-electron chi connectivity index (χ3n) is 3.19. The molecule has 13 heavy (non-hydrogen) atoms. The molecule has 1 saturated heterocycles. The fraction of sp³-hybridized carbons (Fsp3) is 1.00. The minimum absolute atomic E-state index is 0.675. The highest BCUT2D eigenvalue weighted by Crippen LogP contribution is 2.55. The summed E-state index contributed by atoms with van der Waals surface area (Å²) in [5, 5.41) is 38.2. The summed E-state index contributed by atoms with van der Waals surface area (Å²) in [4.78, 5) is 0. The van der Waals surface area contributed by atoms with Gasteiger partial charge in [-0.1, -0.05) is 0 Å². The first-order valence-electron chi connectivity index (χ1n) is 4.30. The Hall–Kier alpha value is -0.200. The molecule has 2 rings (SSSR count). The van der Waals surface area contributed by atoms with Gasteiger partial charge in [-0.2, -0.15) is 0 Å². The zero-order valence-corrected chi connectivity index (χ0v) is 7.51. The molecule has 6 atom stereocenters. The minimum Gasteiger partial charge on any atom is -0.389 e. The van der Waals surface area contributed by atoms with E-state index in [4.69, 9.17) is 4.74 Å². The van der Waals surface area contributed by atoms with Crippen molar-refractivity contribution in [2.45, 2.75) is 43.5 Å². The van der Waals surface area contributed by atoms with E-state index in [0.29, 0.717) is 0 Å². The summed E-state index contributed by atoms with van der Waals surface area (Å²) >= 11 is 0.